The predicted molar refractivity (Wildman–Crippen MR) is 78.9 cm³/mol. The predicted octanol–water partition coefficient (Wildman–Crippen LogP) is 0.541. The summed E-state index contributed by atoms with van der Waals surface area (Å²) >= 11 is 0. The molecule has 1 amide bonds. The van der Waals surface area contributed by atoms with Crippen LogP contribution in [0.4, 0.5) is 0 Å². The van der Waals surface area contributed by atoms with Crippen molar-refractivity contribution in [3.8, 4) is 11.5 Å². The fraction of sp³-hybridized carbons (Fsp3) is 0.562. The molecule has 2 heterocycles. The van der Waals surface area contributed by atoms with Crippen LogP contribution in [-0.2, 0) is 9.53 Å². The molecule has 0 saturated carbocycles. The Morgan fingerprint density at radius 3 is 3.05 bits per heavy atom. The highest BCUT2D eigenvalue weighted by Gasteiger charge is 2.51. The number of hydrogen-bond acceptors (Lipinski definition) is 5. The summed E-state index contributed by atoms with van der Waals surface area (Å²) < 4.78 is 16.1. The summed E-state index contributed by atoms with van der Waals surface area (Å²) in [6.07, 6.45) is 0. The third-order valence-electron chi connectivity index (χ3n) is 4.59. The van der Waals surface area contributed by atoms with Gasteiger partial charge >= 0.3 is 0 Å². The molecule has 0 spiro atoms. The van der Waals surface area contributed by atoms with E-state index in [2.05, 4.69) is 0 Å². The van der Waals surface area contributed by atoms with Gasteiger partial charge in [-0.3, -0.25) is 4.79 Å². The summed E-state index contributed by atoms with van der Waals surface area (Å²) in [5.74, 6) is 1.45. The van der Waals surface area contributed by atoms with Gasteiger partial charge in [0.05, 0.1) is 26.9 Å². The zero-order valence-corrected chi connectivity index (χ0v) is 12.7. The van der Waals surface area contributed by atoms with Crippen LogP contribution in [-0.4, -0.2) is 62.5 Å². The smallest absolute Gasteiger partial charge is 0.260 e. The molecular weight excluding hydrogens is 286 g/mol. The van der Waals surface area contributed by atoms with E-state index in [4.69, 9.17) is 14.2 Å². The Balaban J connectivity index is 1.57. The van der Waals surface area contributed by atoms with Crippen molar-refractivity contribution in [2.45, 2.75) is 0 Å². The Morgan fingerprint density at radius 2 is 2.32 bits per heavy atom. The van der Waals surface area contributed by atoms with Crippen LogP contribution in [0.15, 0.2) is 24.3 Å². The average Bonchev–Trinajstić information content (AvgIpc) is 3.10. The molecule has 1 aromatic rings. The molecule has 2 saturated heterocycles. The van der Waals surface area contributed by atoms with Crippen LogP contribution >= 0.6 is 0 Å². The molecule has 6 heteroatoms. The van der Waals surface area contributed by atoms with Crippen molar-refractivity contribution in [1.29, 1.82) is 0 Å². The first-order chi connectivity index (χ1) is 10.7. The lowest BCUT2D eigenvalue weighted by atomic mass is 9.82. The highest BCUT2D eigenvalue weighted by atomic mass is 16.5. The Labute approximate surface area is 129 Å². The van der Waals surface area contributed by atoms with Crippen LogP contribution in [0, 0.1) is 11.3 Å². The second-order valence-electron chi connectivity index (χ2n) is 5.97. The second kappa shape index (κ2) is 6.14. The van der Waals surface area contributed by atoms with Crippen LogP contribution in [0.3, 0.4) is 0 Å². The number of amides is 1. The molecule has 120 valence electrons. The molecule has 1 N–H and O–H groups in total. The SMILES string of the molecule is COc1cccc(OCC(=O)N2C[C@H]3COC[C@@]3(CO)C2)c1. The molecule has 1 aromatic carbocycles. The van der Waals surface area contributed by atoms with Gasteiger partial charge in [-0.05, 0) is 12.1 Å². The number of carbonyl (C=O) groups is 1. The zero-order chi connectivity index (χ0) is 15.6. The second-order valence-corrected chi connectivity index (χ2v) is 5.97. The molecule has 0 unspecified atom stereocenters. The fourth-order valence-corrected chi connectivity index (χ4v) is 3.17. The summed E-state index contributed by atoms with van der Waals surface area (Å²) in [7, 11) is 1.59. The van der Waals surface area contributed by atoms with E-state index in [1.807, 2.05) is 12.1 Å². The van der Waals surface area contributed by atoms with Gasteiger partial charge in [-0.15, -0.1) is 0 Å². The van der Waals surface area contributed by atoms with Crippen molar-refractivity contribution in [2.24, 2.45) is 11.3 Å². The minimum atomic E-state index is -0.286. The van der Waals surface area contributed by atoms with Gasteiger partial charge < -0.3 is 24.2 Å². The monoisotopic (exact) mass is 307 g/mol. The van der Waals surface area contributed by atoms with E-state index in [0.717, 1.165) is 0 Å². The first-order valence-corrected chi connectivity index (χ1v) is 7.40. The molecule has 2 aliphatic heterocycles. The van der Waals surface area contributed by atoms with E-state index in [9.17, 15) is 9.90 Å². The van der Waals surface area contributed by atoms with Gasteiger partial charge in [-0.25, -0.2) is 0 Å². The molecule has 6 nitrogen and oxygen atoms in total. The number of likely N-dealkylation sites (tertiary alicyclic amines) is 1. The van der Waals surface area contributed by atoms with Gasteiger partial charge in [0.25, 0.3) is 5.91 Å². The van der Waals surface area contributed by atoms with Crippen LogP contribution in [0.25, 0.3) is 0 Å². The normalized spacial score (nSPS) is 26.8. The lowest BCUT2D eigenvalue weighted by molar-refractivity contribution is -0.133. The number of aliphatic hydroxyl groups is 1. The lowest BCUT2D eigenvalue weighted by Crippen LogP contribution is -2.38. The largest absolute Gasteiger partial charge is 0.497 e. The van der Waals surface area contributed by atoms with Crippen LogP contribution < -0.4 is 9.47 Å². The topological polar surface area (TPSA) is 68.2 Å². The quantitative estimate of drug-likeness (QED) is 0.860. The molecule has 2 aliphatic rings. The Hall–Kier alpha value is -1.79. The summed E-state index contributed by atoms with van der Waals surface area (Å²) in [5.41, 5.74) is -0.286. The molecule has 0 aliphatic carbocycles. The van der Waals surface area contributed by atoms with Gasteiger partial charge in [-0.2, -0.15) is 0 Å². The fourth-order valence-electron chi connectivity index (χ4n) is 3.17. The maximum absolute atomic E-state index is 12.3. The molecule has 0 radical (unpaired) electrons. The van der Waals surface area contributed by atoms with E-state index in [-0.39, 0.29) is 30.5 Å². The highest BCUT2D eigenvalue weighted by molar-refractivity contribution is 5.78. The Kier molecular flexibility index (Phi) is 4.22. The Bertz CT molecular complexity index is 549. The molecule has 0 aromatic heterocycles. The van der Waals surface area contributed by atoms with Gasteiger partial charge in [0, 0.05) is 30.5 Å². The lowest BCUT2D eigenvalue weighted by Gasteiger charge is -2.24. The number of benzene rings is 1. The van der Waals surface area contributed by atoms with Crippen molar-refractivity contribution in [1.82, 2.24) is 4.90 Å². The first kappa shape index (κ1) is 15.1. The minimum absolute atomic E-state index is 0.0117. The third-order valence-corrected chi connectivity index (χ3v) is 4.59. The van der Waals surface area contributed by atoms with Crippen molar-refractivity contribution in [3.63, 3.8) is 0 Å². The van der Waals surface area contributed by atoms with E-state index < -0.39 is 0 Å². The average molecular weight is 307 g/mol. The minimum Gasteiger partial charge on any atom is -0.497 e. The molecule has 3 rings (SSSR count). The number of methoxy groups -OCH3 is 1. The van der Waals surface area contributed by atoms with E-state index in [1.54, 1.807) is 24.1 Å². The number of carbonyl (C=O) groups excluding carboxylic acids is 1. The number of aliphatic hydroxyl groups excluding tert-OH is 1. The number of ether oxygens (including phenoxy) is 3. The highest BCUT2D eigenvalue weighted by Crippen LogP contribution is 2.40. The molecular formula is C16H21NO5. The first-order valence-electron chi connectivity index (χ1n) is 7.40. The van der Waals surface area contributed by atoms with Crippen LogP contribution in [0.2, 0.25) is 0 Å². The maximum atomic E-state index is 12.3. The number of nitrogens with zero attached hydrogens (tertiary/aromatic N) is 1. The summed E-state index contributed by atoms with van der Waals surface area (Å²) in [4.78, 5) is 14.1. The van der Waals surface area contributed by atoms with Crippen molar-refractivity contribution < 1.29 is 24.1 Å². The molecule has 0 bridgehead atoms. The van der Waals surface area contributed by atoms with E-state index in [0.29, 0.717) is 37.8 Å². The number of fused-ring (bicyclic) bond motifs is 1. The van der Waals surface area contributed by atoms with Crippen molar-refractivity contribution in [3.05, 3.63) is 24.3 Å². The van der Waals surface area contributed by atoms with E-state index in [1.165, 1.54) is 0 Å². The van der Waals surface area contributed by atoms with Crippen molar-refractivity contribution >= 4 is 5.91 Å². The molecule has 2 fully saturated rings. The maximum Gasteiger partial charge on any atom is 0.260 e. The summed E-state index contributed by atoms with van der Waals surface area (Å²) in [6, 6.07) is 7.17. The van der Waals surface area contributed by atoms with Gasteiger partial charge in [-0.1, -0.05) is 6.07 Å². The van der Waals surface area contributed by atoms with E-state index >= 15 is 0 Å². The third kappa shape index (κ3) is 2.76. The zero-order valence-electron chi connectivity index (χ0n) is 12.7. The van der Waals surface area contributed by atoms with Crippen LogP contribution in [0.5, 0.6) is 11.5 Å². The summed E-state index contributed by atoms with van der Waals surface area (Å²) in [6.45, 7) is 2.34. The van der Waals surface area contributed by atoms with Gasteiger partial charge in [0.1, 0.15) is 11.5 Å². The molecule has 2 atom stereocenters. The number of hydrogen-bond donors (Lipinski definition) is 1. The standard InChI is InChI=1S/C16H21NO5/c1-20-13-3-2-4-14(5-13)22-8-15(19)17-6-12-7-21-11-16(12,9-17)10-18/h2-5,12,18H,6-11H2,1H3/t12-,16-/m0/s1. The van der Waals surface area contributed by atoms with Crippen LogP contribution in [0.1, 0.15) is 0 Å². The number of rotatable bonds is 5. The van der Waals surface area contributed by atoms with Gasteiger partial charge in [0.15, 0.2) is 6.61 Å². The molecule has 22 heavy (non-hydrogen) atoms. The Morgan fingerprint density at radius 1 is 1.50 bits per heavy atom. The summed E-state index contributed by atoms with van der Waals surface area (Å²) in [5, 5.41) is 9.63. The van der Waals surface area contributed by atoms with Crippen molar-refractivity contribution in [2.75, 3.05) is 46.6 Å². The van der Waals surface area contributed by atoms with Gasteiger partial charge in [0.2, 0.25) is 0 Å².